The minimum atomic E-state index is 0.0341. The van der Waals surface area contributed by atoms with E-state index in [1.54, 1.807) is 13.2 Å². The van der Waals surface area contributed by atoms with Gasteiger partial charge in [-0.2, -0.15) is 0 Å². The molecule has 0 aliphatic heterocycles. The molecule has 2 fully saturated rings. The Morgan fingerprint density at radius 2 is 1.84 bits per heavy atom. The van der Waals surface area contributed by atoms with E-state index in [0.717, 1.165) is 36.6 Å². The average Bonchev–Trinajstić information content (AvgIpc) is 3.65. The first-order chi connectivity index (χ1) is 15.0. The summed E-state index contributed by atoms with van der Waals surface area (Å²) < 4.78 is 11.4. The van der Waals surface area contributed by atoms with E-state index in [0.29, 0.717) is 28.8 Å². The van der Waals surface area contributed by atoms with Crippen molar-refractivity contribution in [3.63, 3.8) is 0 Å². The average molecular weight is 425 g/mol. The first kappa shape index (κ1) is 21.0. The fourth-order valence-corrected chi connectivity index (χ4v) is 3.03. The Bertz CT molecular complexity index is 1070. The largest absolute Gasteiger partial charge is 0.480 e. The van der Waals surface area contributed by atoms with Crippen LogP contribution in [0.15, 0.2) is 24.7 Å². The summed E-state index contributed by atoms with van der Waals surface area (Å²) in [6.45, 7) is 0. The molecule has 0 spiro atoms. The summed E-state index contributed by atoms with van der Waals surface area (Å²) in [4.78, 5) is 30.2. The molecular weight excluding hydrogens is 396 g/mol. The lowest BCUT2D eigenvalue weighted by atomic mass is 10.1. The summed E-state index contributed by atoms with van der Waals surface area (Å²) >= 11 is 0. The Morgan fingerprint density at radius 3 is 2.48 bits per heavy atom. The Morgan fingerprint density at radius 1 is 1.13 bits per heavy atom. The van der Waals surface area contributed by atoms with Gasteiger partial charge < -0.3 is 24.7 Å². The number of carbonyl (C=O) groups excluding carboxylic acids is 1. The number of H-pyrrole nitrogens is 1. The molecule has 3 aromatic rings. The van der Waals surface area contributed by atoms with E-state index in [-0.39, 0.29) is 17.9 Å². The smallest absolute Gasteiger partial charge is 0.228 e. The molecule has 0 aromatic carbocycles. The van der Waals surface area contributed by atoms with Crippen LogP contribution in [0.1, 0.15) is 25.7 Å². The first-order valence-electron chi connectivity index (χ1n) is 10.4. The van der Waals surface area contributed by atoms with E-state index in [2.05, 4.69) is 25.3 Å². The second kappa shape index (κ2) is 8.89. The van der Waals surface area contributed by atoms with E-state index >= 15 is 0 Å². The van der Waals surface area contributed by atoms with E-state index in [1.807, 2.05) is 38.3 Å². The summed E-state index contributed by atoms with van der Waals surface area (Å²) in [5.74, 6) is 1.67. The molecule has 1 amide bonds. The lowest BCUT2D eigenvalue weighted by molar-refractivity contribution is -0.117. The van der Waals surface area contributed by atoms with Crippen LogP contribution in [0.25, 0.3) is 22.2 Å². The molecule has 0 unspecified atom stereocenters. The van der Waals surface area contributed by atoms with Gasteiger partial charge in [-0.3, -0.25) is 4.79 Å². The highest BCUT2D eigenvalue weighted by atomic mass is 16.5. The maximum Gasteiger partial charge on any atom is 0.228 e. The molecule has 31 heavy (non-hydrogen) atoms. The maximum absolute atomic E-state index is 12.0. The second-order valence-electron chi connectivity index (χ2n) is 8.28. The third kappa shape index (κ3) is 5.11. The number of pyridine rings is 1. The number of fused-ring (bicyclic) bond motifs is 1. The minimum Gasteiger partial charge on any atom is -0.480 e. The quantitative estimate of drug-likeness (QED) is 0.626. The van der Waals surface area contributed by atoms with Gasteiger partial charge in [-0.05, 0) is 59.0 Å². The number of anilines is 1. The SMILES string of the molecule is CN(C)C.COc1ncnc(OC2CC2)c1-c1c[nH]c2nc(NC(=O)C3CC3)ccc12. The monoisotopic (exact) mass is 424 g/mol. The molecule has 164 valence electrons. The van der Waals surface area contributed by atoms with Crippen molar-refractivity contribution in [1.82, 2.24) is 24.8 Å². The number of aromatic amines is 1. The molecule has 2 saturated carbocycles. The Balaban J connectivity index is 0.000000535. The van der Waals surface area contributed by atoms with Gasteiger partial charge in [0.15, 0.2) is 0 Å². The highest BCUT2D eigenvalue weighted by molar-refractivity contribution is 5.98. The molecule has 0 saturated heterocycles. The Hall–Kier alpha value is -3.20. The fraction of sp³-hybridized carbons (Fsp3) is 0.455. The predicted molar refractivity (Wildman–Crippen MR) is 118 cm³/mol. The fourth-order valence-electron chi connectivity index (χ4n) is 3.03. The zero-order valence-electron chi connectivity index (χ0n) is 18.3. The number of amides is 1. The van der Waals surface area contributed by atoms with Crippen molar-refractivity contribution in [3.8, 4) is 22.9 Å². The van der Waals surface area contributed by atoms with Gasteiger partial charge in [0.1, 0.15) is 29.5 Å². The van der Waals surface area contributed by atoms with Crippen LogP contribution in [0, 0.1) is 5.92 Å². The molecule has 3 aromatic heterocycles. The van der Waals surface area contributed by atoms with Crippen LogP contribution in [-0.2, 0) is 4.79 Å². The van der Waals surface area contributed by atoms with E-state index in [1.165, 1.54) is 6.33 Å². The van der Waals surface area contributed by atoms with Gasteiger partial charge >= 0.3 is 0 Å². The number of carbonyl (C=O) groups is 1. The zero-order chi connectivity index (χ0) is 22.0. The number of methoxy groups -OCH3 is 1. The van der Waals surface area contributed by atoms with Gasteiger partial charge in [0, 0.05) is 23.1 Å². The number of ether oxygens (including phenoxy) is 2. The Kier molecular flexibility index (Phi) is 6.03. The highest BCUT2D eigenvalue weighted by Gasteiger charge is 2.30. The summed E-state index contributed by atoms with van der Waals surface area (Å²) in [5.41, 5.74) is 2.22. The summed E-state index contributed by atoms with van der Waals surface area (Å²) in [6, 6.07) is 3.72. The van der Waals surface area contributed by atoms with E-state index in [4.69, 9.17) is 9.47 Å². The third-order valence-corrected chi connectivity index (χ3v) is 4.78. The second-order valence-corrected chi connectivity index (χ2v) is 8.28. The van der Waals surface area contributed by atoms with Crippen molar-refractivity contribution < 1.29 is 14.3 Å². The van der Waals surface area contributed by atoms with Crippen LogP contribution in [0.4, 0.5) is 5.82 Å². The predicted octanol–water partition coefficient (Wildman–Crippen LogP) is 3.10. The lowest BCUT2D eigenvalue weighted by Gasteiger charge is -2.12. The number of hydrogen-bond donors (Lipinski definition) is 2. The van der Waals surface area contributed by atoms with E-state index < -0.39 is 0 Å². The number of nitrogens with one attached hydrogen (secondary N) is 2. The van der Waals surface area contributed by atoms with Gasteiger partial charge in [0.25, 0.3) is 0 Å². The molecule has 2 N–H and O–H groups in total. The van der Waals surface area contributed by atoms with Gasteiger partial charge in [0.2, 0.25) is 17.7 Å². The molecule has 9 nitrogen and oxygen atoms in total. The van der Waals surface area contributed by atoms with Crippen molar-refractivity contribution >= 4 is 22.8 Å². The van der Waals surface area contributed by atoms with Crippen molar-refractivity contribution in [2.75, 3.05) is 33.6 Å². The van der Waals surface area contributed by atoms with Crippen LogP contribution in [0.2, 0.25) is 0 Å². The minimum absolute atomic E-state index is 0.0341. The van der Waals surface area contributed by atoms with E-state index in [9.17, 15) is 4.79 Å². The molecule has 5 rings (SSSR count). The number of hydrogen-bond acceptors (Lipinski definition) is 7. The normalized spacial score (nSPS) is 15.4. The van der Waals surface area contributed by atoms with Crippen LogP contribution in [-0.4, -0.2) is 65.1 Å². The zero-order valence-corrected chi connectivity index (χ0v) is 18.3. The topological polar surface area (TPSA) is 105 Å². The van der Waals surface area contributed by atoms with Crippen molar-refractivity contribution in [1.29, 1.82) is 0 Å². The number of aromatic nitrogens is 4. The molecular formula is C22H28N6O3. The van der Waals surface area contributed by atoms with Crippen molar-refractivity contribution in [2.45, 2.75) is 31.8 Å². The summed E-state index contributed by atoms with van der Waals surface area (Å²) in [6.07, 6.45) is 7.47. The third-order valence-electron chi connectivity index (χ3n) is 4.78. The molecule has 0 radical (unpaired) electrons. The number of nitrogens with zero attached hydrogens (tertiary/aromatic N) is 4. The molecule has 3 heterocycles. The van der Waals surface area contributed by atoms with Crippen molar-refractivity contribution in [3.05, 3.63) is 24.7 Å². The molecule has 2 aliphatic carbocycles. The summed E-state index contributed by atoms with van der Waals surface area (Å²) in [5, 5.41) is 3.75. The van der Waals surface area contributed by atoms with Crippen molar-refractivity contribution in [2.24, 2.45) is 5.92 Å². The van der Waals surface area contributed by atoms with Gasteiger partial charge in [-0.15, -0.1) is 0 Å². The number of rotatable bonds is 6. The van der Waals surface area contributed by atoms with Crippen LogP contribution in [0.5, 0.6) is 11.8 Å². The van der Waals surface area contributed by atoms with Gasteiger partial charge in [-0.1, -0.05) is 0 Å². The van der Waals surface area contributed by atoms with Crippen LogP contribution >= 0.6 is 0 Å². The summed E-state index contributed by atoms with van der Waals surface area (Å²) in [7, 11) is 7.57. The van der Waals surface area contributed by atoms with Crippen LogP contribution in [0.3, 0.4) is 0 Å². The molecule has 9 heteroatoms. The van der Waals surface area contributed by atoms with Crippen LogP contribution < -0.4 is 14.8 Å². The molecule has 0 bridgehead atoms. The van der Waals surface area contributed by atoms with Gasteiger partial charge in [0.05, 0.1) is 7.11 Å². The molecule has 0 atom stereocenters. The Labute approximate surface area is 181 Å². The first-order valence-corrected chi connectivity index (χ1v) is 10.4. The standard InChI is InChI=1S/C19H19N5O3.C3H9N/c1-26-18-15(19(22-9-21-18)27-11-4-5-11)13-8-20-16-12(13)6-7-14(23-16)24-17(25)10-2-3-10;1-4(2)3/h6-11H,2-5H2,1H3,(H2,20,23,24,25);1-3H3. The maximum atomic E-state index is 12.0. The highest BCUT2D eigenvalue weighted by Crippen LogP contribution is 2.41. The van der Waals surface area contributed by atoms with Gasteiger partial charge in [-0.25, -0.2) is 15.0 Å². The molecule has 2 aliphatic rings. The lowest BCUT2D eigenvalue weighted by Crippen LogP contribution is -2.14.